The van der Waals surface area contributed by atoms with Crippen molar-refractivity contribution in [2.45, 2.75) is 18.9 Å². The topological polar surface area (TPSA) is 93.9 Å². The summed E-state index contributed by atoms with van der Waals surface area (Å²) in [6.45, 7) is 0.588. The molecule has 0 aliphatic heterocycles. The third-order valence-corrected chi connectivity index (χ3v) is 5.04. The van der Waals surface area contributed by atoms with Crippen molar-refractivity contribution < 1.29 is 0 Å². The number of hydrogen-bond donors (Lipinski definition) is 3. The van der Waals surface area contributed by atoms with Crippen molar-refractivity contribution in [3.63, 3.8) is 0 Å². The second-order valence-electron chi connectivity index (χ2n) is 6.66. The SMILES string of the molecule is CN(C)[C@H](CNc1nc(Cc2ccsc2)cc(=O)[nH]1)Cc1cc[nH]c(=O)c1. The number of likely N-dealkylation sites (N-methyl/N-ethyl adjacent to an activating group) is 1. The van der Waals surface area contributed by atoms with Gasteiger partial charge in [-0.05, 0) is 54.5 Å². The van der Waals surface area contributed by atoms with Crippen LogP contribution in [0.25, 0.3) is 0 Å². The van der Waals surface area contributed by atoms with E-state index in [1.807, 2.05) is 31.6 Å². The lowest BCUT2D eigenvalue weighted by atomic mass is 10.1. The molecule has 8 heteroatoms. The summed E-state index contributed by atoms with van der Waals surface area (Å²) < 4.78 is 0. The smallest absolute Gasteiger partial charge is 0.252 e. The van der Waals surface area contributed by atoms with Gasteiger partial charge in [0.1, 0.15) is 0 Å². The minimum absolute atomic E-state index is 0.106. The number of thiophene rings is 1. The third kappa shape index (κ3) is 5.63. The number of aromatic nitrogens is 3. The molecule has 1 atom stereocenters. The quantitative estimate of drug-likeness (QED) is 0.549. The Morgan fingerprint density at radius 1 is 1.19 bits per heavy atom. The summed E-state index contributed by atoms with van der Waals surface area (Å²) in [5.41, 5.74) is 2.56. The molecule has 142 valence electrons. The van der Waals surface area contributed by atoms with E-state index in [0.29, 0.717) is 25.3 Å². The molecule has 0 aromatic carbocycles. The first-order chi connectivity index (χ1) is 13.0. The Morgan fingerprint density at radius 2 is 2.04 bits per heavy atom. The Balaban J connectivity index is 1.68. The Labute approximate surface area is 161 Å². The zero-order chi connectivity index (χ0) is 19.2. The van der Waals surface area contributed by atoms with E-state index in [-0.39, 0.29) is 17.2 Å². The van der Waals surface area contributed by atoms with E-state index in [1.54, 1.807) is 23.6 Å². The highest BCUT2D eigenvalue weighted by atomic mass is 32.1. The van der Waals surface area contributed by atoms with Gasteiger partial charge in [-0.15, -0.1) is 0 Å². The lowest BCUT2D eigenvalue weighted by molar-refractivity contribution is 0.303. The standard InChI is InChI=1S/C19H23N5O2S/c1-24(2)16(8-13-3-5-20-17(25)9-13)11-21-19-22-15(10-18(26)23-19)7-14-4-6-27-12-14/h3-6,9-10,12,16H,7-8,11H2,1-2H3,(H,20,25)(H2,21,22,23,26)/t16-/m0/s1. The molecule has 3 rings (SSSR count). The molecular formula is C19H23N5O2S. The predicted molar refractivity (Wildman–Crippen MR) is 109 cm³/mol. The van der Waals surface area contributed by atoms with Crippen molar-refractivity contribution >= 4 is 17.3 Å². The summed E-state index contributed by atoms with van der Waals surface area (Å²) in [6, 6.07) is 7.21. The van der Waals surface area contributed by atoms with E-state index in [4.69, 9.17) is 0 Å². The fraction of sp³-hybridized carbons (Fsp3) is 0.316. The Kier molecular flexibility index (Phi) is 6.20. The van der Waals surface area contributed by atoms with E-state index in [0.717, 1.165) is 16.8 Å². The summed E-state index contributed by atoms with van der Waals surface area (Å²) in [6.07, 6.45) is 3.00. The van der Waals surface area contributed by atoms with E-state index in [2.05, 4.69) is 30.5 Å². The summed E-state index contributed by atoms with van der Waals surface area (Å²) in [4.78, 5) is 35.4. The molecule has 0 saturated carbocycles. The van der Waals surface area contributed by atoms with Gasteiger partial charge >= 0.3 is 0 Å². The molecule has 0 spiro atoms. The predicted octanol–water partition coefficient (Wildman–Crippen LogP) is 1.70. The molecule has 0 aliphatic rings. The first-order valence-corrected chi connectivity index (χ1v) is 9.63. The van der Waals surface area contributed by atoms with Crippen LogP contribution in [0, 0.1) is 0 Å². The highest BCUT2D eigenvalue weighted by molar-refractivity contribution is 7.07. The van der Waals surface area contributed by atoms with Gasteiger partial charge in [0.05, 0.1) is 5.69 Å². The number of nitrogens with one attached hydrogen (secondary N) is 3. The molecule has 0 amide bonds. The van der Waals surface area contributed by atoms with Gasteiger partial charge in [0.25, 0.3) is 5.56 Å². The van der Waals surface area contributed by atoms with Crippen molar-refractivity contribution in [1.29, 1.82) is 0 Å². The third-order valence-electron chi connectivity index (χ3n) is 4.31. The van der Waals surface area contributed by atoms with E-state index >= 15 is 0 Å². The number of H-pyrrole nitrogens is 2. The summed E-state index contributed by atoms with van der Waals surface area (Å²) >= 11 is 1.63. The first kappa shape index (κ1) is 19.1. The molecule has 27 heavy (non-hydrogen) atoms. The van der Waals surface area contributed by atoms with Crippen molar-refractivity contribution in [2.75, 3.05) is 26.0 Å². The minimum Gasteiger partial charge on any atom is -0.354 e. The van der Waals surface area contributed by atoms with Gasteiger partial charge in [0.15, 0.2) is 0 Å². The van der Waals surface area contributed by atoms with Gasteiger partial charge in [-0.1, -0.05) is 0 Å². The van der Waals surface area contributed by atoms with Crippen LogP contribution in [0.2, 0.25) is 0 Å². The van der Waals surface area contributed by atoms with Gasteiger partial charge in [-0.3, -0.25) is 14.6 Å². The monoisotopic (exact) mass is 385 g/mol. The molecule has 0 radical (unpaired) electrons. The van der Waals surface area contributed by atoms with Crippen LogP contribution < -0.4 is 16.4 Å². The van der Waals surface area contributed by atoms with Crippen molar-refractivity contribution in [3.05, 3.63) is 78.8 Å². The Morgan fingerprint density at radius 3 is 2.74 bits per heavy atom. The Bertz CT molecular complexity index is 978. The van der Waals surface area contributed by atoms with Crippen molar-refractivity contribution in [1.82, 2.24) is 19.9 Å². The summed E-state index contributed by atoms with van der Waals surface area (Å²) in [5, 5.41) is 7.30. The van der Waals surface area contributed by atoms with Crippen LogP contribution in [0.15, 0.2) is 50.8 Å². The number of pyridine rings is 1. The lowest BCUT2D eigenvalue weighted by Crippen LogP contribution is -2.37. The molecule has 3 aromatic rings. The maximum Gasteiger partial charge on any atom is 0.252 e. The van der Waals surface area contributed by atoms with Gasteiger partial charge in [-0.25, -0.2) is 4.98 Å². The fourth-order valence-electron chi connectivity index (χ4n) is 2.82. The second kappa shape index (κ2) is 8.79. The zero-order valence-electron chi connectivity index (χ0n) is 15.4. The van der Waals surface area contributed by atoms with Crippen molar-refractivity contribution in [3.8, 4) is 0 Å². The molecule has 7 nitrogen and oxygen atoms in total. The average Bonchev–Trinajstić information content (AvgIpc) is 3.11. The number of anilines is 1. The number of aromatic amines is 2. The van der Waals surface area contributed by atoms with Crippen LogP contribution in [0.5, 0.6) is 0 Å². The van der Waals surface area contributed by atoms with Crippen LogP contribution >= 0.6 is 11.3 Å². The molecule has 3 aromatic heterocycles. The van der Waals surface area contributed by atoms with Gasteiger partial charge in [-0.2, -0.15) is 11.3 Å². The normalized spacial score (nSPS) is 12.3. The van der Waals surface area contributed by atoms with Crippen LogP contribution in [0.3, 0.4) is 0 Å². The molecule has 3 heterocycles. The molecular weight excluding hydrogens is 362 g/mol. The average molecular weight is 385 g/mol. The fourth-order valence-corrected chi connectivity index (χ4v) is 3.49. The van der Waals surface area contributed by atoms with Gasteiger partial charge < -0.3 is 15.2 Å². The number of nitrogens with zero attached hydrogens (tertiary/aromatic N) is 2. The van der Waals surface area contributed by atoms with Crippen LogP contribution in [0.4, 0.5) is 5.95 Å². The van der Waals surface area contributed by atoms with Crippen molar-refractivity contribution in [2.24, 2.45) is 0 Å². The molecule has 0 fully saturated rings. The maximum absolute atomic E-state index is 12.0. The first-order valence-electron chi connectivity index (χ1n) is 8.69. The summed E-state index contributed by atoms with van der Waals surface area (Å²) in [5.74, 6) is 0.463. The minimum atomic E-state index is -0.172. The van der Waals surface area contributed by atoms with E-state index in [1.165, 1.54) is 6.07 Å². The van der Waals surface area contributed by atoms with E-state index < -0.39 is 0 Å². The largest absolute Gasteiger partial charge is 0.354 e. The summed E-state index contributed by atoms with van der Waals surface area (Å²) in [7, 11) is 3.98. The van der Waals surface area contributed by atoms with Gasteiger partial charge in [0.2, 0.25) is 11.5 Å². The highest BCUT2D eigenvalue weighted by Crippen LogP contribution is 2.11. The molecule has 0 bridgehead atoms. The van der Waals surface area contributed by atoms with E-state index in [9.17, 15) is 9.59 Å². The van der Waals surface area contributed by atoms with Gasteiger partial charge in [0, 0.05) is 37.3 Å². The number of hydrogen-bond acceptors (Lipinski definition) is 6. The zero-order valence-corrected chi connectivity index (χ0v) is 16.2. The molecule has 3 N–H and O–H groups in total. The van der Waals surface area contributed by atoms with Crippen LogP contribution in [-0.4, -0.2) is 46.5 Å². The Hall–Kier alpha value is -2.71. The lowest BCUT2D eigenvalue weighted by Gasteiger charge is -2.24. The maximum atomic E-state index is 12.0. The highest BCUT2D eigenvalue weighted by Gasteiger charge is 2.13. The molecule has 0 saturated heterocycles. The van der Waals surface area contributed by atoms with Crippen LogP contribution in [0.1, 0.15) is 16.8 Å². The second-order valence-corrected chi connectivity index (χ2v) is 7.44. The molecule has 0 unspecified atom stereocenters. The number of rotatable bonds is 8. The molecule has 0 aliphatic carbocycles. The van der Waals surface area contributed by atoms with Crippen LogP contribution in [-0.2, 0) is 12.8 Å².